The Bertz CT molecular complexity index is 230. The van der Waals surface area contributed by atoms with Gasteiger partial charge in [0, 0.05) is 27.2 Å². The van der Waals surface area contributed by atoms with Gasteiger partial charge in [0.15, 0.2) is 0 Å². The van der Waals surface area contributed by atoms with Crippen molar-refractivity contribution in [3.05, 3.63) is 0 Å². The summed E-state index contributed by atoms with van der Waals surface area (Å²) in [5, 5.41) is 0. The molecule has 0 radical (unpaired) electrons. The maximum Gasteiger partial charge on any atom is 0.279 e. The van der Waals surface area contributed by atoms with Gasteiger partial charge < -0.3 is 10.5 Å². The Balaban J connectivity index is 3.91. The summed E-state index contributed by atoms with van der Waals surface area (Å²) in [4.78, 5) is 0. The van der Waals surface area contributed by atoms with Crippen LogP contribution in [-0.4, -0.2) is 53.1 Å². The van der Waals surface area contributed by atoms with E-state index in [4.69, 9.17) is 10.5 Å². The maximum atomic E-state index is 11.4. The standard InChI is InChI=1S/C7H19N3O3S/c1-10(6-7-13-2)14(11,12)9-5-3-4-8/h9H,3-8H2,1-2H3. The third-order valence-electron chi connectivity index (χ3n) is 1.69. The van der Waals surface area contributed by atoms with E-state index in [-0.39, 0.29) is 0 Å². The summed E-state index contributed by atoms with van der Waals surface area (Å²) in [6.45, 7) is 1.57. The number of ether oxygens (including phenoxy) is 1. The number of hydrogen-bond acceptors (Lipinski definition) is 4. The smallest absolute Gasteiger partial charge is 0.279 e. The van der Waals surface area contributed by atoms with Crippen LogP contribution in [0, 0.1) is 0 Å². The minimum atomic E-state index is -3.36. The second-order valence-electron chi connectivity index (χ2n) is 2.86. The Labute approximate surface area is 85.6 Å². The SMILES string of the molecule is COCCN(C)S(=O)(=O)NCCCN. The fraction of sp³-hybridized carbons (Fsp3) is 1.00. The molecule has 0 aliphatic heterocycles. The minimum Gasteiger partial charge on any atom is -0.383 e. The average Bonchev–Trinajstić information content (AvgIpc) is 2.14. The lowest BCUT2D eigenvalue weighted by Gasteiger charge is -2.16. The summed E-state index contributed by atoms with van der Waals surface area (Å²) < 4.78 is 31.3. The van der Waals surface area contributed by atoms with E-state index in [1.807, 2.05) is 0 Å². The zero-order valence-electron chi connectivity index (χ0n) is 8.69. The van der Waals surface area contributed by atoms with Gasteiger partial charge in [-0.2, -0.15) is 12.7 Å². The first-order chi connectivity index (χ1) is 6.54. The van der Waals surface area contributed by atoms with Gasteiger partial charge in [-0.05, 0) is 13.0 Å². The number of nitrogens with zero attached hydrogens (tertiary/aromatic N) is 1. The van der Waals surface area contributed by atoms with Crippen LogP contribution in [0.3, 0.4) is 0 Å². The largest absolute Gasteiger partial charge is 0.383 e. The zero-order chi connectivity index (χ0) is 11.0. The van der Waals surface area contributed by atoms with Crippen LogP contribution in [0.2, 0.25) is 0 Å². The molecule has 0 aromatic heterocycles. The van der Waals surface area contributed by atoms with E-state index in [0.29, 0.717) is 32.7 Å². The fourth-order valence-electron chi connectivity index (χ4n) is 0.753. The van der Waals surface area contributed by atoms with Gasteiger partial charge in [0.05, 0.1) is 6.61 Å². The van der Waals surface area contributed by atoms with E-state index in [2.05, 4.69) is 4.72 Å². The molecule has 0 saturated carbocycles. The molecule has 0 spiro atoms. The minimum absolute atomic E-state index is 0.342. The Morgan fingerprint density at radius 3 is 2.64 bits per heavy atom. The highest BCUT2D eigenvalue weighted by molar-refractivity contribution is 7.87. The number of nitrogens with two attached hydrogens (primary N) is 1. The van der Waals surface area contributed by atoms with Gasteiger partial charge >= 0.3 is 0 Å². The van der Waals surface area contributed by atoms with Crippen molar-refractivity contribution >= 4 is 10.2 Å². The van der Waals surface area contributed by atoms with Crippen LogP contribution in [0.25, 0.3) is 0 Å². The molecule has 14 heavy (non-hydrogen) atoms. The van der Waals surface area contributed by atoms with Crippen molar-refractivity contribution in [1.29, 1.82) is 0 Å². The highest BCUT2D eigenvalue weighted by Gasteiger charge is 2.15. The van der Waals surface area contributed by atoms with Crippen LogP contribution in [0.4, 0.5) is 0 Å². The number of likely N-dealkylation sites (N-methyl/N-ethyl adjacent to an activating group) is 1. The molecule has 0 fully saturated rings. The van der Waals surface area contributed by atoms with Crippen molar-refractivity contribution in [2.45, 2.75) is 6.42 Å². The molecule has 0 aromatic rings. The van der Waals surface area contributed by atoms with Crippen molar-refractivity contribution in [3.8, 4) is 0 Å². The molecule has 0 bridgehead atoms. The Morgan fingerprint density at radius 2 is 2.14 bits per heavy atom. The molecule has 0 aliphatic rings. The Morgan fingerprint density at radius 1 is 1.50 bits per heavy atom. The summed E-state index contributed by atoms with van der Waals surface area (Å²) in [5.74, 6) is 0. The highest BCUT2D eigenvalue weighted by Crippen LogP contribution is 1.92. The molecule has 3 N–H and O–H groups in total. The quantitative estimate of drug-likeness (QED) is 0.505. The average molecular weight is 225 g/mol. The Hall–Kier alpha value is -0.210. The Kier molecular flexibility index (Phi) is 7.02. The van der Waals surface area contributed by atoms with Gasteiger partial charge in [-0.25, -0.2) is 4.72 Å². The lowest BCUT2D eigenvalue weighted by atomic mass is 10.4. The molecule has 0 aliphatic carbocycles. The van der Waals surface area contributed by atoms with Crippen LogP contribution >= 0.6 is 0 Å². The summed E-state index contributed by atoms with van der Waals surface area (Å²) in [5.41, 5.74) is 5.25. The normalized spacial score (nSPS) is 12.3. The molecule has 6 nitrogen and oxygen atoms in total. The van der Waals surface area contributed by atoms with Gasteiger partial charge in [0.25, 0.3) is 10.2 Å². The summed E-state index contributed by atoms with van der Waals surface area (Å²) >= 11 is 0. The molecule has 0 atom stereocenters. The monoisotopic (exact) mass is 225 g/mol. The first kappa shape index (κ1) is 13.8. The van der Waals surface area contributed by atoms with E-state index in [9.17, 15) is 8.42 Å². The van der Waals surface area contributed by atoms with Crippen LogP contribution in [0.15, 0.2) is 0 Å². The molecule has 0 rings (SSSR count). The first-order valence-electron chi connectivity index (χ1n) is 4.44. The number of rotatable bonds is 8. The molecule has 0 heterocycles. The van der Waals surface area contributed by atoms with E-state index in [1.54, 1.807) is 0 Å². The number of hydrogen-bond donors (Lipinski definition) is 2. The molecule has 7 heteroatoms. The summed E-state index contributed by atoms with van der Waals surface area (Å²) in [7, 11) is -0.323. The third kappa shape index (κ3) is 5.51. The predicted molar refractivity (Wildman–Crippen MR) is 55.1 cm³/mol. The van der Waals surface area contributed by atoms with Gasteiger partial charge in [0.1, 0.15) is 0 Å². The fourth-order valence-corrected chi connectivity index (χ4v) is 1.69. The molecule has 86 valence electrons. The van der Waals surface area contributed by atoms with E-state index in [0.717, 1.165) is 0 Å². The van der Waals surface area contributed by atoms with Gasteiger partial charge in [-0.3, -0.25) is 0 Å². The lowest BCUT2D eigenvalue weighted by Crippen LogP contribution is -2.40. The number of methoxy groups -OCH3 is 1. The highest BCUT2D eigenvalue weighted by atomic mass is 32.2. The predicted octanol–water partition coefficient (Wildman–Crippen LogP) is -1.25. The van der Waals surface area contributed by atoms with Crippen molar-refractivity contribution in [1.82, 2.24) is 9.03 Å². The molecule has 0 amide bonds. The topological polar surface area (TPSA) is 84.7 Å². The van der Waals surface area contributed by atoms with E-state index in [1.165, 1.54) is 18.5 Å². The van der Waals surface area contributed by atoms with Crippen LogP contribution in [-0.2, 0) is 14.9 Å². The van der Waals surface area contributed by atoms with Crippen molar-refractivity contribution < 1.29 is 13.2 Å². The molecule has 0 saturated heterocycles. The summed E-state index contributed by atoms with van der Waals surface area (Å²) in [6, 6.07) is 0. The van der Waals surface area contributed by atoms with Crippen LogP contribution in [0.1, 0.15) is 6.42 Å². The van der Waals surface area contributed by atoms with E-state index < -0.39 is 10.2 Å². The molecular formula is C7H19N3O3S. The molecule has 0 unspecified atom stereocenters. The van der Waals surface area contributed by atoms with Crippen molar-refractivity contribution in [2.24, 2.45) is 5.73 Å². The van der Waals surface area contributed by atoms with Crippen molar-refractivity contribution in [3.63, 3.8) is 0 Å². The number of nitrogens with one attached hydrogen (secondary N) is 1. The lowest BCUT2D eigenvalue weighted by molar-refractivity contribution is 0.184. The maximum absolute atomic E-state index is 11.4. The van der Waals surface area contributed by atoms with Crippen molar-refractivity contribution in [2.75, 3.05) is 40.4 Å². The zero-order valence-corrected chi connectivity index (χ0v) is 9.51. The van der Waals surface area contributed by atoms with Crippen LogP contribution in [0.5, 0.6) is 0 Å². The second-order valence-corrected chi connectivity index (χ2v) is 4.72. The van der Waals surface area contributed by atoms with E-state index >= 15 is 0 Å². The summed E-state index contributed by atoms with van der Waals surface area (Å²) in [6.07, 6.45) is 0.636. The van der Waals surface area contributed by atoms with Gasteiger partial charge in [-0.15, -0.1) is 0 Å². The first-order valence-corrected chi connectivity index (χ1v) is 5.88. The molecular weight excluding hydrogens is 206 g/mol. The molecule has 0 aromatic carbocycles. The van der Waals surface area contributed by atoms with Crippen LogP contribution < -0.4 is 10.5 Å². The van der Waals surface area contributed by atoms with Gasteiger partial charge in [0.2, 0.25) is 0 Å². The van der Waals surface area contributed by atoms with Gasteiger partial charge in [-0.1, -0.05) is 0 Å². The second kappa shape index (κ2) is 7.13. The third-order valence-corrected chi connectivity index (χ3v) is 3.26.